The molecule has 0 aliphatic carbocycles. The summed E-state index contributed by atoms with van der Waals surface area (Å²) in [6, 6.07) is 13.4. The Morgan fingerprint density at radius 3 is 2.54 bits per heavy atom. The summed E-state index contributed by atoms with van der Waals surface area (Å²) >= 11 is 5.82. The van der Waals surface area contributed by atoms with Crippen LogP contribution in [0.15, 0.2) is 48.5 Å². The van der Waals surface area contributed by atoms with Crippen molar-refractivity contribution in [2.75, 3.05) is 6.54 Å². The molecule has 1 N–H and O–H groups in total. The smallest absolute Gasteiger partial charge is 0.320 e. The number of carbonyl (C=O) groups excluding carboxylic acids is 1. The normalized spacial score (nSPS) is 13.5. The number of fused-ring (bicyclic) bond motifs is 1. The van der Waals surface area contributed by atoms with Crippen molar-refractivity contribution < 1.29 is 18.3 Å². The quantitative estimate of drug-likeness (QED) is 0.613. The van der Waals surface area contributed by atoms with Gasteiger partial charge in [-0.05, 0) is 43.3 Å². The van der Waals surface area contributed by atoms with Gasteiger partial charge in [0.2, 0.25) is 0 Å². The van der Waals surface area contributed by atoms with Gasteiger partial charge in [-0.15, -0.1) is 0 Å². The highest BCUT2D eigenvalue weighted by atomic mass is 35.5. The molecule has 0 aliphatic rings. The van der Waals surface area contributed by atoms with Gasteiger partial charge in [0.1, 0.15) is 11.6 Å². The number of para-hydroxylation sites is 2. The average Bonchev–Trinajstić information content (AvgIpc) is 3.07. The first kappa shape index (κ1) is 20.1. The standard InChI is InChI=1S/C20H20ClF2N3O2/c1-12(18-25-16-5-3-4-6-17(16)26(18)20(22)23)11-24-19(27)13(2)28-15-9-7-14(21)8-10-15/h3-10,12-13,20H,11H2,1-2H3,(H,24,27)/t12-,13+/m1/s1. The van der Waals surface area contributed by atoms with Crippen LogP contribution in [0.3, 0.4) is 0 Å². The van der Waals surface area contributed by atoms with Crippen molar-refractivity contribution >= 4 is 28.5 Å². The Morgan fingerprint density at radius 1 is 1.18 bits per heavy atom. The first-order valence-electron chi connectivity index (χ1n) is 8.81. The Kier molecular flexibility index (Phi) is 6.14. The van der Waals surface area contributed by atoms with E-state index in [1.54, 1.807) is 62.4 Å². The Bertz CT molecular complexity index is 960. The predicted molar refractivity (Wildman–Crippen MR) is 104 cm³/mol. The molecule has 0 unspecified atom stereocenters. The van der Waals surface area contributed by atoms with Crippen LogP contribution in [0.5, 0.6) is 5.75 Å². The topological polar surface area (TPSA) is 56.1 Å². The van der Waals surface area contributed by atoms with Gasteiger partial charge in [0.25, 0.3) is 5.91 Å². The van der Waals surface area contributed by atoms with Gasteiger partial charge < -0.3 is 10.1 Å². The van der Waals surface area contributed by atoms with Gasteiger partial charge in [-0.25, -0.2) is 4.98 Å². The molecule has 0 fully saturated rings. The third-order valence-corrected chi connectivity index (χ3v) is 4.59. The van der Waals surface area contributed by atoms with E-state index in [1.165, 1.54) is 0 Å². The number of halogens is 3. The Labute approximate surface area is 166 Å². The largest absolute Gasteiger partial charge is 0.481 e. The number of hydrogen-bond acceptors (Lipinski definition) is 3. The summed E-state index contributed by atoms with van der Waals surface area (Å²) in [5.41, 5.74) is 0.862. The lowest BCUT2D eigenvalue weighted by Crippen LogP contribution is -2.38. The van der Waals surface area contributed by atoms with E-state index >= 15 is 0 Å². The zero-order valence-corrected chi connectivity index (χ0v) is 16.2. The van der Waals surface area contributed by atoms with Gasteiger partial charge in [0, 0.05) is 17.5 Å². The molecule has 2 atom stereocenters. The molecular formula is C20H20ClF2N3O2. The fourth-order valence-corrected chi connectivity index (χ4v) is 3.00. The second-order valence-electron chi connectivity index (χ2n) is 6.47. The summed E-state index contributed by atoms with van der Waals surface area (Å²) < 4.78 is 33.6. The summed E-state index contributed by atoms with van der Waals surface area (Å²) in [5, 5.41) is 3.30. The molecule has 8 heteroatoms. The van der Waals surface area contributed by atoms with Gasteiger partial charge in [-0.3, -0.25) is 9.36 Å². The number of amides is 1. The highest BCUT2D eigenvalue weighted by molar-refractivity contribution is 6.30. The number of rotatable bonds is 7. The highest BCUT2D eigenvalue weighted by Gasteiger charge is 2.23. The third-order valence-electron chi connectivity index (χ3n) is 4.34. The van der Waals surface area contributed by atoms with Crippen molar-refractivity contribution in [1.29, 1.82) is 0 Å². The van der Waals surface area contributed by atoms with Crippen LogP contribution in [-0.4, -0.2) is 28.1 Å². The number of benzene rings is 2. The van der Waals surface area contributed by atoms with Crippen LogP contribution in [0.25, 0.3) is 11.0 Å². The van der Waals surface area contributed by atoms with Gasteiger partial charge >= 0.3 is 6.55 Å². The van der Waals surface area contributed by atoms with Gasteiger partial charge in [-0.2, -0.15) is 8.78 Å². The molecule has 1 aromatic heterocycles. The molecule has 148 valence electrons. The van der Waals surface area contributed by atoms with E-state index in [4.69, 9.17) is 16.3 Å². The lowest BCUT2D eigenvalue weighted by Gasteiger charge is -2.18. The summed E-state index contributed by atoms with van der Waals surface area (Å²) in [4.78, 5) is 16.6. The number of nitrogens with zero attached hydrogens (tertiary/aromatic N) is 2. The lowest BCUT2D eigenvalue weighted by molar-refractivity contribution is -0.127. The molecule has 28 heavy (non-hydrogen) atoms. The maximum atomic E-state index is 13.6. The molecule has 3 rings (SSSR count). The molecule has 1 heterocycles. The van der Waals surface area contributed by atoms with E-state index in [1.807, 2.05) is 0 Å². The lowest BCUT2D eigenvalue weighted by atomic mass is 10.1. The SMILES string of the molecule is C[C@H](Oc1ccc(Cl)cc1)C(=O)NC[C@@H](C)c1nc2ccccc2n1C(F)F. The Balaban J connectivity index is 1.65. The molecule has 3 aromatic rings. The number of aromatic nitrogens is 2. The van der Waals surface area contributed by atoms with E-state index in [0.717, 1.165) is 4.57 Å². The first-order valence-corrected chi connectivity index (χ1v) is 9.19. The van der Waals surface area contributed by atoms with Crippen molar-refractivity contribution in [3.8, 4) is 5.75 Å². The van der Waals surface area contributed by atoms with Crippen LogP contribution >= 0.6 is 11.6 Å². The van der Waals surface area contributed by atoms with Crippen molar-refractivity contribution in [1.82, 2.24) is 14.9 Å². The van der Waals surface area contributed by atoms with Gasteiger partial charge in [-0.1, -0.05) is 30.7 Å². The zero-order chi connectivity index (χ0) is 20.3. The molecule has 0 bridgehead atoms. The monoisotopic (exact) mass is 407 g/mol. The number of alkyl halides is 2. The van der Waals surface area contributed by atoms with E-state index in [0.29, 0.717) is 21.8 Å². The molecule has 0 spiro atoms. The van der Waals surface area contributed by atoms with Crippen LogP contribution in [0.2, 0.25) is 5.02 Å². The van der Waals surface area contributed by atoms with E-state index < -0.39 is 18.6 Å². The fourth-order valence-electron chi connectivity index (χ4n) is 2.88. The predicted octanol–water partition coefficient (Wildman–Crippen LogP) is 4.77. The second kappa shape index (κ2) is 8.56. The molecule has 5 nitrogen and oxygen atoms in total. The summed E-state index contributed by atoms with van der Waals surface area (Å²) in [6.07, 6.45) is -0.748. The maximum Gasteiger partial charge on any atom is 0.320 e. The molecule has 0 saturated heterocycles. The first-order chi connectivity index (χ1) is 13.4. The Morgan fingerprint density at radius 2 is 1.86 bits per heavy atom. The summed E-state index contributed by atoms with van der Waals surface area (Å²) in [5.74, 6) is -0.0167. The van der Waals surface area contributed by atoms with Crippen molar-refractivity contribution in [2.24, 2.45) is 0 Å². The van der Waals surface area contributed by atoms with E-state index in [-0.39, 0.29) is 18.3 Å². The van der Waals surface area contributed by atoms with E-state index in [9.17, 15) is 13.6 Å². The van der Waals surface area contributed by atoms with Crippen LogP contribution < -0.4 is 10.1 Å². The van der Waals surface area contributed by atoms with Gasteiger partial charge in [0.15, 0.2) is 6.10 Å². The van der Waals surface area contributed by atoms with Crippen LogP contribution in [0, 0.1) is 0 Å². The summed E-state index contributed by atoms with van der Waals surface area (Å²) in [7, 11) is 0. The minimum atomic E-state index is -2.72. The minimum Gasteiger partial charge on any atom is -0.481 e. The summed E-state index contributed by atoms with van der Waals surface area (Å²) in [6.45, 7) is 0.796. The molecular weight excluding hydrogens is 388 g/mol. The number of nitrogens with one attached hydrogen (secondary N) is 1. The highest BCUT2D eigenvalue weighted by Crippen LogP contribution is 2.27. The molecule has 0 radical (unpaired) electrons. The van der Waals surface area contributed by atoms with Crippen LogP contribution in [-0.2, 0) is 4.79 Å². The molecule has 0 aliphatic heterocycles. The third kappa shape index (κ3) is 4.42. The number of hydrogen-bond donors (Lipinski definition) is 1. The number of carbonyl (C=O) groups is 1. The van der Waals surface area contributed by atoms with Gasteiger partial charge in [0.05, 0.1) is 11.0 Å². The van der Waals surface area contributed by atoms with Crippen molar-refractivity contribution in [3.05, 3.63) is 59.4 Å². The van der Waals surface area contributed by atoms with Crippen LogP contribution in [0.4, 0.5) is 8.78 Å². The number of imidazole rings is 1. The Hall–Kier alpha value is -2.67. The minimum absolute atomic E-state index is 0.156. The van der Waals surface area contributed by atoms with Crippen molar-refractivity contribution in [2.45, 2.75) is 32.4 Å². The number of ether oxygens (including phenoxy) is 1. The van der Waals surface area contributed by atoms with E-state index in [2.05, 4.69) is 10.3 Å². The molecule has 1 amide bonds. The maximum absolute atomic E-state index is 13.6. The second-order valence-corrected chi connectivity index (χ2v) is 6.90. The zero-order valence-electron chi connectivity index (χ0n) is 15.4. The molecule has 0 saturated carbocycles. The average molecular weight is 408 g/mol. The van der Waals surface area contributed by atoms with Crippen LogP contribution in [0.1, 0.15) is 32.1 Å². The van der Waals surface area contributed by atoms with Crippen molar-refractivity contribution in [3.63, 3.8) is 0 Å². The fraction of sp³-hybridized carbons (Fsp3) is 0.300. The molecule has 2 aromatic carbocycles.